The highest BCUT2D eigenvalue weighted by Gasteiger charge is 2.33. The summed E-state index contributed by atoms with van der Waals surface area (Å²) in [6.07, 6.45) is 6.59. The lowest BCUT2D eigenvalue weighted by molar-refractivity contribution is 0.108. The summed E-state index contributed by atoms with van der Waals surface area (Å²) in [5, 5.41) is 3.13. The molecule has 0 bridgehead atoms. The Morgan fingerprint density at radius 2 is 1.76 bits per heavy atom. The number of hydrogen-bond donors (Lipinski definition) is 1. The van der Waals surface area contributed by atoms with E-state index in [2.05, 4.69) is 31.3 Å². The van der Waals surface area contributed by atoms with Crippen molar-refractivity contribution in [2.24, 2.45) is 11.8 Å². The van der Waals surface area contributed by atoms with Gasteiger partial charge in [-0.3, -0.25) is 0 Å². The maximum atomic E-state index is 12.6. The number of carbonyl (C=O) groups excluding carboxylic acids is 1. The number of urea groups is 1. The summed E-state index contributed by atoms with van der Waals surface area (Å²) in [5.41, 5.74) is 3.25. The van der Waals surface area contributed by atoms with Crippen molar-refractivity contribution in [1.29, 1.82) is 0 Å². The predicted octanol–water partition coefficient (Wildman–Crippen LogP) is 4.35. The van der Waals surface area contributed by atoms with Crippen LogP contribution >= 0.6 is 0 Å². The smallest absolute Gasteiger partial charge is 0.321 e. The molecule has 1 N–H and O–H groups in total. The molecule has 2 fully saturated rings. The second-order valence-electron chi connectivity index (χ2n) is 6.74. The molecule has 2 amide bonds. The number of piperidine rings is 1. The minimum atomic E-state index is 0.0800. The standard InChI is InChI=1S/C18H26N2O/c1-13-6-5-7-14(2)17(13)19-18(21)20-11-10-15-8-3-4-9-16(15)12-20/h5-7,15-16H,3-4,8-12H2,1-2H3,(H,19,21). The van der Waals surface area contributed by atoms with Gasteiger partial charge >= 0.3 is 6.03 Å². The number of likely N-dealkylation sites (tertiary alicyclic amines) is 1. The zero-order chi connectivity index (χ0) is 14.8. The maximum Gasteiger partial charge on any atom is 0.321 e. The van der Waals surface area contributed by atoms with Gasteiger partial charge in [0.2, 0.25) is 0 Å². The van der Waals surface area contributed by atoms with Gasteiger partial charge in [-0.05, 0) is 49.7 Å². The quantitative estimate of drug-likeness (QED) is 0.818. The van der Waals surface area contributed by atoms with Crippen LogP contribution in [0.3, 0.4) is 0 Å². The Balaban J connectivity index is 1.66. The highest BCUT2D eigenvalue weighted by Crippen LogP contribution is 2.36. The Bertz CT molecular complexity index is 506. The Morgan fingerprint density at radius 3 is 2.48 bits per heavy atom. The number of rotatable bonds is 1. The Labute approximate surface area is 127 Å². The van der Waals surface area contributed by atoms with Crippen molar-refractivity contribution in [3.05, 3.63) is 29.3 Å². The maximum absolute atomic E-state index is 12.6. The highest BCUT2D eigenvalue weighted by molar-refractivity contribution is 5.91. The van der Waals surface area contributed by atoms with Crippen molar-refractivity contribution in [2.75, 3.05) is 18.4 Å². The Hall–Kier alpha value is -1.51. The summed E-state index contributed by atoms with van der Waals surface area (Å²) in [4.78, 5) is 14.6. The average molecular weight is 286 g/mol. The first kappa shape index (κ1) is 14.4. The molecule has 2 atom stereocenters. The van der Waals surface area contributed by atoms with Crippen molar-refractivity contribution >= 4 is 11.7 Å². The molecule has 1 saturated carbocycles. The number of nitrogens with one attached hydrogen (secondary N) is 1. The zero-order valence-electron chi connectivity index (χ0n) is 13.2. The first-order chi connectivity index (χ1) is 10.1. The number of hydrogen-bond acceptors (Lipinski definition) is 1. The molecule has 21 heavy (non-hydrogen) atoms. The van der Waals surface area contributed by atoms with E-state index in [4.69, 9.17) is 0 Å². The minimum Gasteiger partial charge on any atom is -0.324 e. The van der Waals surface area contributed by atoms with Crippen molar-refractivity contribution in [1.82, 2.24) is 4.90 Å². The van der Waals surface area contributed by atoms with Gasteiger partial charge in [0, 0.05) is 18.8 Å². The SMILES string of the molecule is Cc1cccc(C)c1NC(=O)N1CCC2CCCCC2C1. The van der Waals surface area contributed by atoms with Gasteiger partial charge in [0.05, 0.1) is 0 Å². The van der Waals surface area contributed by atoms with Gasteiger partial charge in [-0.25, -0.2) is 4.79 Å². The van der Waals surface area contributed by atoms with Crippen LogP contribution < -0.4 is 5.32 Å². The lowest BCUT2D eigenvalue weighted by atomic mass is 9.75. The molecule has 1 heterocycles. The van der Waals surface area contributed by atoms with Crippen LogP contribution in [0.2, 0.25) is 0 Å². The number of amides is 2. The van der Waals surface area contributed by atoms with Crippen LogP contribution in [0.4, 0.5) is 10.5 Å². The zero-order valence-corrected chi connectivity index (χ0v) is 13.2. The summed E-state index contributed by atoms with van der Waals surface area (Å²) in [6.45, 7) is 5.96. The van der Waals surface area contributed by atoms with Crippen LogP contribution in [-0.4, -0.2) is 24.0 Å². The molecule has 2 unspecified atom stereocenters. The molecule has 3 nitrogen and oxygen atoms in total. The molecule has 0 spiro atoms. The number of aryl methyl sites for hydroxylation is 2. The Morgan fingerprint density at radius 1 is 1.10 bits per heavy atom. The second-order valence-corrected chi connectivity index (χ2v) is 6.74. The highest BCUT2D eigenvalue weighted by atomic mass is 16.2. The molecular weight excluding hydrogens is 260 g/mol. The Kier molecular flexibility index (Phi) is 4.18. The summed E-state index contributed by atoms with van der Waals surface area (Å²) in [7, 11) is 0. The predicted molar refractivity (Wildman–Crippen MR) is 86.6 cm³/mol. The third-order valence-corrected chi connectivity index (χ3v) is 5.29. The third-order valence-electron chi connectivity index (χ3n) is 5.29. The van der Waals surface area contributed by atoms with Crippen LogP contribution in [0.5, 0.6) is 0 Å². The van der Waals surface area contributed by atoms with E-state index < -0.39 is 0 Å². The van der Waals surface area contributed by atoms with E-state index in [1.807, 2.05) is 11.0 Å². The van der Waals surface area contributed by atoms with Gasteiger partial charge in [0.1, 0.15) is 0 Å². The number of anilines is 1. The molecular formula is C18H26N2O. The monoisotopic (exact) mass is 286 g/mol. The van der Waals surface area contributed by atoms with E-state index in [1.54, 1.807) is 0 Å². The minimum absolute atomic E-state index is 0.0800. The molecule has 1 aliphatic carbocycles. The molecule has 3 heteroatoms. The molecule has 114 valence electrons. The molecule has 0 radical (unpaired) electrons. The molecule has 2 aliphatic rings. The molecule has 0 aromatic heterocycles. The number of benzene rings is 1. The van der Waals surface area contributed by atoms with Crippen LogP contribution in [0.15, 0.2) is 18.2 Å². The fourth-order valence-corrected chi connectivity index (χ4v) is 3.98. The topological polar surface area (TPSA) is 32.3 Å². The number of carbonyl (C=O) groups is 1. The largest absolute Gasteiger partial charge is 0.324 e. The van der Waals surface area contributed by atoms with E-state index in [-0.39, 0.29) is 6.03 Å². The van der Waals surface area contributed by atoms with Crippen LogP contribution in [0.25, 0.3) is 0 Å². The first-order valence-corrected chi connectivity index (χ1v) is 8.27. The average Bonchev–Trinajstić information content (AvgIpc) is 2.50. The summed E-state index contributed by atoms with van der Waals surface area (Å²) < 4.78 is 0. The fourth-order valence-electron chi connectivity index (χ4n) is 3.98. The number of nitrogens with zero attached hydrogens (tertiary/aromatic N) is 1. The van der Waals surface area contributed by atoms with Crippen LogP contribution in [-0.2, 0) is 0 Å². The van der Waals surface area contributed by atoms with Crippen LogP contribution in [0.1, 0.15) is 43.2 Å². The molecule has 1 aromatic carbocycles. The van der Waals surface area contributed by atoms with E-state index in [0.29, 0.717) is 0 Å². The molecule has 1 saturated heterocycles. The number of fused-ring (bicyclic) bond motifs is 1. The van der Waals surface area contributed by atoms with E-state index in [0.717, 1.165) is 41.7 Å². The van der Waals surface area contributed by atoms with Crippen LogP contribution in [0, 0.1) is 25.7 Å². The molecule has 1 aliphatic heterocycles. The van der Waals surface area contributed by atoms with Gasteiger partial charge < -0.3 is 10.2 Å². The summed E-state index contributed by atoms with van der Waals surface area (Å²) >= 11 is 0. The lowest BCUT2D eigenvalue weighted by Crippen LogP contribution is -2.46. The van der Waals surface area contributed by atoms with Gasteiger partial charge in [-0.2, -0.15) is 0 Å². The summed E-state index contributed by atoms with van der Waals surface area (Å²) in [5.74, 6) is 1.60. The summed E-state index contributed by atoms with van der Waals surface area (Å²) in [6, 6.07) is 6.22. The van der Waals surface area contributed by atoms with Crippen molar-refractivity contribution in [3.63, 3.8) is 0 Å². The molecule has 1 aromatic rings. The van der Waals surface area contributed by atoms with E-state index in [9.17, 15) is 4.79 Å². The van der Waals surface area contributed by atoms with Gasteiger partial charge in [0.15, 0.2) is 0 Å². The van der Waals surface area contributed by atoms with E-state index >= 15 is 0 Å². The fraction of sp³-hybridized carbons (Fsp3) is 0.611. The van der Waals surface area contributed by atoms with Gasteiger partial charge in [-0.1, -0.05) is 37.5 Å². The third kappa shape index (κ3) is 3.07. The normalized spacial score (nSPS) is 25.3. The van der Waals surface area contributed by atoms with Crippen molar-refractivity contribution < 1.29 is 4.79 Å². The van der Waals surface area contributed by atoms with E-state index in [1.165, 1.54) is 32.1 Å². The van der Waals surface area contributed by atoms with Gasteiger partial charge in [0.25, 0.3) is 0 Å². The molecule has 3 rings (SSSR count). The lowest BCUT2D eigenvalue weighted by Gasteiger charge is -2.41. The van der Waals surface area contributed by atoms with Gasteiger partial charge in [-0.15, -0.1) is 0 Å². The first-order valence-electron chi connectivity index (χ1n) is 8.27. The van der Waals surface area contributed by atoms with Crippen molar-refractivity contribution in [2.45, 2.75) is 46.0 Å². The van der Waals surface area contributed by atoms with Crippen molar-refractivity contribution in [3.8, 4) is 0 Å². The number of para-hydroxylation sites is 1. The second kappa shape index (κ2) is 6.08.